The molecule has 1 aliphatic rings. The lowest BCUT2D eigenvalue weighted by atomic mass is 10.3. The number of unbranched alkanes of at least 4 members (excludes halogenated alkanes) is 1. The van der Waals surface area contributed by atoms with E-state index in [4.69, 9.17) is 4.74 Å². The molecule has 0 aliphatic carbocycles. The van der Waals surface area contributed by atoms with Crippen molar-refractivity contribution in [2.24, 2.45) is 0 Å². The predicted molar refractivity (Wildman–Crippen MR) is 64.6 cm³/mol. The molecule has 1 aromatic heterocycles. The van der Waals surface area contributed by atoms with E-state index in [0.717, 1.165) is 18.9 Å². The Labute approximate surface area is 97.4 Å². The van der Waals surface area contributed by atoms with Crippen molar-refractivity contribution in [3.8, 4) is 5.88 Å². The van der Waals surface area contributed by atoms with Gasteiger partial charge >= 0.3 is 0 Å². The Kier molecular flexibility index (Phi) is 4.62. The molecular weight excluding hydrogens is 200 g/mol. The maximum atomic E-state index is 5.54. The van der Waals surface area contributed by atoms with E-state index >= 15 is 0 Å². The van der Waals surface area contributed by atoms with Crippen LogP contribution in [0.2, 0.25) is 0 Å². The predicted octanol–water partition coefficient (Wildman–Crippen LogP) is 2.34. The molecule has 0 amide bonds. The third-order valence-electron chi connectivity index (χ3n) is 2.96. The summed E-state index contributed by atoms with van der Waals surface area (Å²) in [6, 6.07) is 5.76. The van der Waals surface area contributed by atoms with E-state index < -0.39 is 0 Å². The molecule has 0 aromatic carbocycles. The Morgan fingerprint density at radius 2 is 2.06 bits per heavy atom. The van der Waals surface area contributed by atoms with Crippen molar-refractivity contribution in [3.63, 3.8) is 0 Å². The molecule has 1 saturated heterocycles. The van der Waals surface area contributed by atoms with Gasteiger partial charge in [-0.2, -0.15) is 0 Å². The molecule has 1 aliphatic heterocycles. The van der Waals surface area contributed by atoms with Crippen LogP contribution in [0.3, 0.4) is 0 Å². The topological polar surface area (TPSA) is 25.4 Å². The first kappa shape index (κ1) is 11.4. The molecule has 1 aromatic rings. The highest BCUT2D eigenvalue weighted by Crippen LogP contribution is 2.09. The van der Waals surface area contributed by atoms with Crippen LogP contribution < -0.4 is 4.74 Å². The van der Waals surface area contributed by atoms with E-state index in [-0.39, 0.29) is 0 Å². The maximum Gasteiger partial charge on any atom is 0.213 e. The molecule has 88 valence electrons. The molecule has 2 rings (SSSR count). The van der Waals surface area contributed by atoms with Gasteiger partial charge in [0, 0.05) is 12.3 Å². The molecule has 0 bridgehead atoms. The monoisotopic (exact) mass is 220 g/mol. The average Bonchev–Trinajstić information content (AvgIpc) is 2.83. The summed E-state index contributed by atoms with van der Waals surface area (Å²) in [6.07, 6.45) is 6.87. The highest BCUT2D eigenvalue weighted by atomic mass is 16.5. The summed E-state index contributed by atoms with van der Waals surface area (Å²) in [4.78, 5) is 6.66. The number of nitrogens with zero attached hydrogens (tertiary/aromatic N) is 2. The van der Waals surface area contributed by atoms with E-state index in [1.807, 2.05) is 18.2 Å². The Morgan fingerprint density at radius 3 is 2.81 bits per heavy atom. The van der Waals surface area contributed by atoms with Gasteiger partial charge in [-0.3, -0.25) is 0 Å². The van der Waals surface area contributed by atoms with Crippen molar-refractivity contribution in [1.82, 2.24) is 9.88 Å². The molecule has 2 heterocycles. The van der Waals surface area contributed by atoms with Crippen LogP contribution in [0.4, 0.5) is 0 Å². The molecular formula is C13H20N2O. The van der Waals surface area contributed by atoms with Crippen molar-refractivity contribution in [1.29, 1.82) is 0 Å². The molecule has 3 heteroatoms. The summed E-state index contributed by atoms with van der Waals surface area (Å²) < 4.78 is 5.54. The van der Waals surface area contributed by atoms with Crippen molar-refractivity contribution >= 4 is 0 Å². The SMILES string of the molecule is c1ccc(OCCCCN2CCCC2)nc1. The molecule has 1 fully saturated rings. The average molecular weight is 220 g/mol. The molecule has 0 saturated carbocycles. The van der Waals surface area contributed by atoms with Gasteiger partial charge in [0.2, 0.25) is 5.88 Å². The number of likely N-dealkylation sites (tertiary alicyclic amines) is 1. The van der Waals surface area contributed by atoms with Gasteiger partial charge in [-0.25, -0.2) is 4.98 Å². The molecule has 0 atom stereocenters. The Bertz CT molecular complexity index is 283. The molecule has 0 radical (unpaired) electrons. The van der Waals surface area contributed by atoms with Gasteiger partial charge in [-0.15, -0.1) is 0 Å². The van der Waals surface area contributed by atoms with Crippen molar-refractivity contribution in [2.75, 3.05) is 26.2 Å². The fourth-order valence-electron chi connectivity index (χ4n) is 2.05. The van der Waals surface area contributed by atoms with E-state index in [1.54, 1.807) is 6.20 Å². The lowest BCUT2D eigenvalue weighted by Gasteiger charge is -2.13. The standard InChI is InChI=1S/C13H20N2O/c1-2-8-14-13(7-1)16-12-6-5-11-15-9-3-4-10-15/h1-2,7-8H,3-6,9-12H2. The smallest absolute Gasteiger partial charge is 0.213 e. The van der Waals surface area contributed by atoms with Crippen LogP contribution in [0.15, 0.2) is 24.4 Å². The molecule has 0 N–H and O–H groups in total. The maximum absolute atomic E-state index is 5.54. The highest BCUT2D eigenvalue weighted by Gasteiger charge is 2.09. The van der Waals surface area contributed by atoms with Crippen LogP contribution in [-0.2, 0) is 0 Å². The zero-order valence-electron chi connectivity index (χ0n) is 9.77. The van der Waals surface area contributed by atoms with E-state index in [1.165, 1.54) is 38.9 Å². The van der Waals surface area contributed by atoms with Crippen LogP contribution in [-0.4, -0.2) is 36.1 Å². The zero-order chi connectivity index (χ0) is 11.1. The zero-order valence-corrected chi connectivity index (χ0v) is 9.77. The minimum absolute atomic E-state index is 0.740. The minimum Gasteiger partial charge on any atom is -0.478 e. The van der Waals surface area contributed by atoms with E-state index in [0.29, 0.717) is 0 Å². The fourth-order valence-corrected chi connectivity index (χ4v) is 2.05. The Morgan fingerprint density at radius 1 is 1.19 bits per heavy atom. The number of pyridine rings is 1. The van der Waals surface area contributed by atoms with Gasteiger partial charge in [-0.05, 0) is 51.4 Å². The summed E-state index contributed by atoms with van der Waals surface area (Å²) >= 11 is 0. The Balaban J connectivity index is 1.52. The van der Waals surface area contributed by atoms with Crippen molar-refractivity contribution < 1.29 is 4.74 Å². The normalized spacial score (nSPS) is 16.5. The molecule has 3 nitrogen and oxygen atoms in total. The van der Waals surface area contributed by atoms with Gasteiger partial charge in [0.05, 0.1) is 6.61 Å². The fraction of sp³-hybridized carbons (Fsp3) is 0.615. The molecule has 0 spiro atoms. The second-order valence-electron chi connectivity index (χ2n) is 4.27. The quantitative estimate of drug-likeness (QED) is 0.688. The van der Waals surface area contributed by atoms with Crippen molar-refractivity contribution in [3.05, 3.63) is 24.4 Å². The second kappa shape index (κ2) is 6.48. The minimum atomic E-state index is 0.740. The summed E-state index contributed by atoms with van der Waals surface area (Å²) in [5.41, 5.74) is 0. The van der Waals surface area contributed by atoms with Gasteiger partial charge in [-0.1, -0.05) is 6.07 Å². The third-order valence-corrected chi connectivity index (χ3v) is 2.96. The van der Waals surface area contributed by atoms with Crippen LogP contribution in [0.1, 0.15) is 25.7 Å². The van der Waals surface area contributed by atoms with E-state index in [9.17, 15) is 0 Å². The van der Waals surface area contributed by atoms with Gasteiger partial charge < -0.3 is 9.64 Å². The number of aromatic nitrogens is 1. The molecule has 16 heavy (non-hydrogen) atoms. The summed E-state index contributed by atoms with van der Waals surface area (Å²) in [7, 11) is 0. The van der Waals surface area contributed by atoms with Crippen LogP contribution in [0, 0.1) is 0 Å². The first-order valence-corrected chi connectivity index (χ1v) is 6.21. The lowest BCUT2D eigenvalue weighted by molar-refractivity contribution is 0.273. The third kappa shape index (κ3) is 3.81. The van der Waals surface area contributed by atoms with E-state index in [2.05, 4.69) is 9.88 Å². The number of hydrogen-bond acceptors (Lipinski definition) is 3. The van der Waals surface area contributed by atoms with Crippen LogP contribution >= 0.6 is 0 Å². The summed E-state index contributed by atoms with van der Waals surface area (Å²) in [6.45, 7) is 4.60. The Hall–Kier alpha value is -1.09. The van der Waals surface area contributed by atoms with Crippen LogP contribution in [0.5, 0.6) is 5.88 Å². The van der Waals surface area contributed by atoms with Crippen LogP contribution in [0.25, 0.3) is 0 Å². The van der Waals surface area contributed by atoms with Crippen molar-refractivity contribution in [2.45, 2.75) is 25.7 Å². The first-order valence-electron chi connectivity index (χ1n) is 6.21. The first-order chi connectivity index (χ1) is 7.95. The summed E-state index contributed by atoms with van der Waals surface area (Å²) in [5, 5.41) is 0. The molecule has 0 unspecified atom stereocenters. The van der Waals surface area contributed by atoms with Gasteiger partial charge in [0.25, 0.3) is 0 Å². The lowest BCUT2D eigenvalue weighted by Crippen LogP contribution is -2.20. The number of rotatable bonds is 6. The largest absolute Gasteiger partial charge is 0.478 e. The second-order valence-corrected chi connectivity index (χ2v) is 4.27. The van der Waals surface area contributed by atoms with Gasteiger partial charge in [0.1, 0.15) is 0 Å². The van der Waals surface area contributed by atoms with Gasteiger partial charge in [0.15, 0.2) is 0 Å². The number of ether oxygens (including phenoxy) is 1. The highest BCUT2D eigenvalue weighted by molar-refractivity contribution is 5.08. The summed E-state index contributed by atoms with van der Waals surface area (Å²) in [5.74, 6) is 0.740. The number of hydrogen-bond donors (Lipinski definition) is 0.